The van der Waals surface area contributed by atoms with E-state index in [2.05, 4.69) is 25.7 Å². The number of hydrogen-bond donors (Lipinski definition) is 1. The Morgan fingerprint density at radius 2 is 2.08 bits per heavy atom. The van der Waals surface area contributed by atoms with E-state index in [0.29, 0.717) is 9.36 Å². The first-order chi connectivity index (χ1) is 12.2. The Morgan fingerprint density at radius 1 is 1.24 bits per heavy atom. The molecule has 0 saturated heterocycles. The Labute approximate surface area is 157 Å². The van der Waals surface area contributed by atoms with E-state index < -0.39 is 0 Å². The number of halogens is 1. The summed E-state index contributed by atoms with van der Waals surface area (Å²) < 4.78 is 0.706. The van der Waals surface area contributed by atoms with Crippen molar-refractivity contribution in [2.75, 3.05) is 5.75 Å². The van der Waals surface area contributed by atoms with Crippen molar-refractivity contribution in [1.82, 2.24) is 20.6 Å². The number of carbonyl (C=O) groups excluding carboxylic acids is 1. The van der Waals surface area contributed by atoms with E-state index in [1.807, 2.05) is 30.3 Å². The Kier molecular flexibility index (Phi) is 6.10. The Morgan fingerprint density at radius 3 is 2.84 bits per heavy atom. The summed E-state index contributed by atoms with van der Waals surface area (Å²) in [6, 6.07) is 12.7. The number of amides is 1. The number of aromatic nitrogens is 3. The molecule has 3 rings (SSSR count). The van der Waals surface area contributed by atoms with Crippen LogP contribution in [-0.2, 0) is 4.79 Å². The van der Waals surface area contributed by atoms with Crippen LogP contribution in [0, 0.1) is 0 Å². The molecule has 9 heteroatoms. The van der Waals surface area contributed by atoms with Gasteiger partial charge in [0.1, 0.15) is 5.69 Å². The first-order valence-electron chi connectivity index (χ1n) is 7.16. The molecule has 0 aliphatic rings. The predicted octanol–water partition coefficient (Wildman–Crippen LogP) is 3.50. The molecular weight excluding hydrogens is 378 g/mol. The largest absolute Gasteiger partial charge is 0.272 e. The number of pyridine rings is 1. The summed E-state index contributed by atoms with van der Waals surface area (Å²) in [6.07, 6.45) is 3.26. The van der Waals surface area contributed by atoms with Crippen molar-refractivity contribution in [2.24, 2.45) is 5.10 Å². The maximum atomic E-state index is 11.8. The Bertz CT molecular complexity index is 868. The number of nitrogens with one attached hydrogen (secondary N) is 1. The van der Waals surface area contributed by atoms with E-state index in [1.54, 1.807) is 24.5 Å². The molecule has 0 bridgehead atoms. The smallest absolute Gasteiger partial charge is 0.250 e. The van der Waals surface area contributed by atoms with Gasteiger partial charge in [0.15, 0.2) is 9.35 Å². The molecule has 0 spiro atoms. The maximum Gasteiger partial charge on any atom is 0.250 e. The minimum Gasteiger partial charge on any atom is -0.272 e. The number of hydrazone groups is 1. The van der Waals surface area contributed by atoms with Crippen LogP contribution in [0.2, 0.25) is 5.02 Å². The lowest BCUT2D eigenvalue weighted by Gasteiger charge is -1.97. The van der Waals surface area contributed by atoms with Gasteiger partial charge in [0, 0.05) is 11.2 Å². The fourth-order valence-electron chi connectivity index (χ4n) is 1.75. The Balaban J connectivity index is 1.48. The normalized spacial score (nSPS) is 10.9. The van der Waals surface area contributed by atoms with Gasteiger partial charge in [-0.25, -0.2) is 5.43 Å². The van der Waals surface area contributed by atoms with Crippen LogP contribution in [0.15, 0.2) is 58.1 Å². The van der Waals surface area contributed by atoms with Crippen molar-refractivity contribution in [3.05, 3.63) is 59.2 Å². The molecule has 1 aromatic carbocycles. The third-order valence-electron chi connectivity index (χ3n) is 2.89. The van der Waals surface area contributed by atoms with Gasteiger partial charge in [-0.15, -0.1) is 10.2 Å². The monoisotopic (exact) mass is 389 g/mol. The summed E-state index contributed by atoms with van der Waals surface area (Å²) in [6.45, 7) is 0. The highest BCUT2D eigenvalue weighted by atomic mass is 35.5. The second kappa shape index (κ2) is 8.70. The van der Waals surface area contributed by atoms with E-state index in [9.17, 15) is 4.79 Å². The molecule has 25 heavy (non-hydrogen) atoms. The van der Waals surface area contributed by atoms with Gasteiger partial charge in [-0.3, -0.25) is 9.78 Å². The average Bonchev–Trinajstić information content (AvgIpc) is 3.11. The van der Waals surface area contributed by atoms with Crippen LogP contribution in [0.25, 0.3) is 10.7 Å². The molecule has 0 aliphatic heterocycles. The van der Waals surface area contributed by atoms with Crippen LogP contribution in [0.5, 0.6) is 0 Å². The first kappa shape index (κ1) is 17.5. The second-order valence-corrected chi connectivity index (χ2v) is 7.36. The summed E-state index contributed by atoms with van der Waals surface area (Å²) in [4.78, 5) is 16.0. The van der Waals surface area contributed by atoms with Gasteiger partial charge in [0.2, 0.25) is 0 Å². The molecule has 1 N–H and O–H groups in total. The number of hydrogen-bond acceptors (Lipinski definition) is 7. The van der Waals surface area contributed by atoms with Crippen molar-refractivity contribution in [3.8, 4) is 10.7 Å². The van der Waals surface area contributed by atoms with E-state index in [4.69, 9.17) is 11.6 Å². The first-order valence-corrected chi connectivity index (χ1v) is 9.34. The summed E-state index contributed by atoms with van der Waals surface area (Å²) in [7, 11) is 0. The van der Waals surface area contributed by atoms with Crippen LogP contribution >= 0.6 is 34.7 Å². The number of rotatable bonds is 6. The molecule has 126 valence electrons. The zero-order chi connectivity index (χ0) is 17.5. The zero-order valence-electron chi connectivity index (χ0n) is 12.8. The fraction of sp³-hybridized carbons (Fsp3) is 0.0625. The third kappa shape index (κ3) is 5.35. The van der Waals surface area contributed by atoms with Crippen LogP contribution in [-0.4, -0.2) is 33.1 Å². The summed E-state index contributed by atoms with van der Waals surface area (Å²) >= 11 is 8.51. The van der Waals surface area contributed by atoms with Crippen molar-refractivity contribution < 1.29 is 4.79 Å². The van der Waals surface area contributed by atoms with Gasteiger partial charge in [0.25, 0.3) is 5.91 Å². The summed E-state index contributed by atoms with van der Waals surface area (Å²) in [5, 5.41) is 13.4. The second-order valence-electron chi connectivity index (χ2n) is 4.72. The molecule has 0 fully saturated rings. The Hall–Kier alpha value is -2.29. The number of nitrogens with zero attached hydrogens (tertiary/aromatic N) is 4. The van der Waals surface area contributed by atoms with Crippen LogP contribution in [0.4, 0.5) is 0 Å². The molecule has 0 atom stereocenters. The van der Waals surface area contributed by atoms with Crippen molar-refractivity contribution in [2.45, 2.75) is 4.34 Å². The quantitative estimate of drug-likeness (QED) is 0.396. The third-order valence-corrected chi connectivity index (χ3v) is 5.22. The van der Waals surface area contributed by atoms with Gasteiger partial charge < -0.3 is 0 Å². The van der Waals surface area contributed by atoms with Crippen LogP contribution in [0.3, 0.4) is 0 Å². The van der Waals surface area contributed by atoms with E-state index in [1.165, 1.54) is 23.1 Å². The van der Waals surface area contributed by atoms with Gasteiger partial charge in [-0.05, 0) is 29.8 Å². The lowest BCUT2D eigenvalue weighted by atomic mass is 10.2. The molecular formula is C16H12ClN5OS2. The van der Waals surface area contributed by atoms with Crippen LogP contribution < -0.4 is 5.43 Å². The van der Waals surface area contributed by atoms with Gasteiger partial charge >= 0.3 is 0 Å². The summed E-state index contributed by atoms with van der Waals surface area (Å²) in [5.41, 5.74) is 4.09. The molecule has 0 unspecified atom stereocenters. The maximum absolute atomic E-state index is 11.8. The van der Waals surface area contributed by atoms with E-state index in [-0.39, 0.29) is 11.7 Å². The van der Waals surface area contributed by atoms with E-state index >= 15 is 0 Å². The van der Waals surface area contributed by atoms with Gasteiger partial charge in [-0.2, -0.15) is 5.10 Å². The molecule has 1 amide bonds. The molecule has 2 heterocycles. The minimum absolute atomic E-state index is 0.203. The summed E-state index contributed by atoms with van der Waals surface area (Å²) in [5.74, 6) is -0.0146. The van der Waals surface area contributed by atoms with Gasteiger partial charge in [0.05, 0.1) is 12.0 Å². The highest BCUT2D eigenvalue weighted by molar-refractivity contribution is 8.01. The van der Waals surface area contributed by atoms with Crippen molar-refractivity contribution in [3.63, 3.8) is 0 Å². The average molecular weight is 390 g/mol. The van der Waals surface area contributed by atoms with E-state index in [0.717, 1.165) is 16.3 Å². The SMILES string of the molecule is O=C(CSc1nnc(-c2ccccn2)s1)N/N=C\c1ccc(Cl)cc1. The molecule has 6 nitrogen and oxygen atoms in total. The zero-order valence-corrected chi connectivity index (χ0v) is 15.2. The number of thioether (sulfide) groups is 1. The molecule has 0 saturated carbocycles. The number of carbonyl (C=O) groups is 1. The predicted molar refractivity (Wildman–Crippen MR) is 101 cm³/mol. The minimum atomic E-state index is -0.218. The number of benzene rings is 1. The van der Waals surface area contributed by atoms with Crippen LogP contribution in [0.1, 0.15) is 5.56 Å². The highest BCUT2D eigenvalue weighted by Gasteiger charge is 2.09. The van der Waals surface area contributed by atoms with Gasteiger partial charge in [-0.1, -0.05) is 52.9 Å². The molecule has 0 aliphatic carbocycles. The van der Waals surface area contributed by atoms with Crippen molar-refractivity contribution >= 4 is 46.8 Å². The lowest BCUT2D eigenvalue weighted by Crippen LogP contribution is -2.19. The topological polar surface area (TPSA) is 80.1 Å². The molecule has 0 radical (unpaired) electrons. The van der Waals surface area contributed by atoms with Crippen molar-refractivity contribution in [1.29, 1.82) is 0 Å². The highest BCUT2D eigenvalue weighted by Crippen LogP contribution is 2.27. The fourth-order valence-corrected chi connectivity index (χ4v) is 3.50. The standard InChI is InChI=1S/C16H12ClN5OS2/c17-12-6-4-11(5-7-12)9-19-20-14(23)10-24-16-22-21-15(25-16)13-3-1-2-8-18-13/h1-9H,10H2,(H,20,23)/b19-9-. The lowest BCUT2D eigenvalue weighted by molar-refractivity contribution is -0.118. The molecule has 3 aromatic rings. The molecule has 2 aromatic heterocycles.